The molecule has 0 unspecified atom stereocenters. The van der Waals surface area contributed by atoms with Gasteiger partial charge in [0, 0.05) is 24.7 Å². The van der Waals surface area contributed by atoms with E-state index in [4.69, 9.17) is 14.2 Å². The molecule has 0 aromatic carbocycles. The van der Waals surface area contributed by atoms with Crippen LogP contribution in [0.4, 0.5) is 0 Å². The highest BCUT2D eigenvalue weighted by Gasteiger charge is 2.63. The van der Waals surface area contributed by atoms with Crippen molar-refractivity contribution in [2.24, 2.45) is 23.7 Å². The van der Waals surface area contributed by atoms with Crippen LogP contribution in [0.3, 0.4) is 0 Å². The second-order valence-corrected chi connectivity index (χ2v) is 15.9. The lowest BCUT2D eigenvalue weighted by atomic mass is 9.60. The Morgan fingerprint density at radius 3 is 2.00 bits per heavy atom. The first-order chi connectivity index (χ1) is 22.4. The topological polar surface area (TPSA) is 102 Å². The third kappa shape index (κ3) is 10.8. The van der Waals surface area contributed by atoms with Crippen LogP contribution in [-0.4, -0.2) is 57.8 Å². The number of esters is 2. The number of carbonyl (C=O) groups is 2. The molecule has 7 nitrogen and oxygen atoms in total. The quantitative estimate of drug-likeness (QED) is 0.0808. The van der Waals surface area contributed by atoms with Crippen LogP contribution in [0, 0.1) is 23.7 Å². The molecule has 1 aliphatic carbocycles. The van der Waals surface area contributed by atoms with Crippen LogP contribution in [-0.2, 0) is 23.8 Å². The van der Waals surface area contributed by atoms with E-state index in [9.17, 15) is 19.8 Å². The molecule has 7 heteroatoms. The van der Waals surface area contributed by atoms with Crippen LogP contribution in [0.1, 0.15) is 170 Å². The van der Waals surface area contributed by atoms with Gasteiger partial charge < -0.3 is 24.4 Å². The molecule has 3 aliphatic rings. The van der Waals surface area contributed by atoms with E-state index < -0.39 is 35.6 Å². The molecule has 3 fully saturated rings. The lowest BCUT2D eigenvalue weighted by molar-refractivity contribution is -0.198. The summed E-state index contributed by atoms with van der Waals surface area (Å²) in [7, 11) is 0. The van der Waals surface area contributed by atoms with Gasteiger partial charge in [-0.15, -0.1) is 0 Å². The molecule has 9 atom stereocenters. The molecule has 1 saturated carbocycles. The van der Waals surface area contributed by atoms with Crippen molar-refractivity contribution in [1.82, 2.24) is 0 Å². The fourth-order valence-corrected chi connectivity index (χ4v) is 8.74. The summed E-state index contributed by atoms with van der Waals surface area (Å²) >= 11 is 0. The van der Waals surface area contributed by atoms with E-state index in [2.05, 4.69) is 27.4 Å². The van der Waals surface area contributed by atoms with Gasteiger partial charge in [0.15, 0.2) is 0 Å². The SMILES string of the molecule is C=C1CC[C@H](C(C)C)[C@@H]2[C@H]1[C@@H]1O[C@H]2[C@](C)(OC(=O)CCC)CC[C@H](OC(=O)CCCCCCCCCCCCCCC)[C@](C)(O)[C@H]1O. The van der Waals surface area contributed by atoms with Crippen molar-refractivity contribution in [3.63, 3.8) is 0 Å². The molecule has 2 aliphatic heterocycles. The molecule has 0 aromatic heterocycles. The molecule has 2 bridgehead atoms. The van der Waals surface area contributed by atoms with Crippen molar-refractivity contribution >= 4 is 11.9 Å². The predicted molar refractivity (Wildman–Crippen MR) is 188 cm³/mol. The van der Waals surface area contributed by atoms with E-state index in [1.807, 2.05) is 13.8 Å². The minimum Gasteiger partial charge on any atom is -0.459 e. The van der Waals surface area contributed by atoms with Crippen molar-refractivity contribution in [3.05, 3.63) is 12.2 Å². The van der Waals surface area contributed by atoms with Crippen LogP contribution >= 0.6 is 0 Å². The van der Waals surface area contributed by atoms with Gasteiger partial charge >= 0.3 is 11.9 Å². The van der Waals surface area contributed by atoms with Gasteiger partial charge in [-0.25, -0.2) is 0 Å². The molecule has 0 amide bonds. The smallest absolute Gasteiger partial charge is 0.306 e. The van der Waals surface area contributed by atoms with E-state index in [1.54, 1.807) is 6.92 Å². The fourth-order valence-electron chi connectivity index (χ4n) is 8.74. The maximum absolute atomic E-state index is 13.1. The van der Waals surface area contributed by atoms with Gasteiger partial charge in [-0.2, -0.15) is 0 Å². The molecule has 2 N–H and O–H groups in total. The number of hydrogen-bond donors (Lipinski definition) is 2. The molecular weight excluding hydrogens is 592 g/mol. The summed E-state index contributed by atoms with van der Waals surface area (Å²) in [5.41, 5.74) is -1.75. The highest BCUT2D eigenvalue weighted by molar-refractivity contribution is 5.70. The minimum atomic E-state index is -1.75. The number of aliphatic hydroxyl groups excluding tert-OH is 1. The summed E-state index contributed by atoms with van der Waals surface area (Å²) in [5, 5.41) is 23.8. The predicted octanol–water partition coefficient (Wildman–Crippen LogP) is 9.01. The third-order valence-electron chi connectivity index (χ3n) is 11.7. The largest absolute Gasteiger partial charge is 0.459 e. The number of rotatable bonds is 19. The maximum atomic E-state index is 13.1. The van der Waals surface area contributed by atoms with E-state index in [1.165, 1.54) is 64.2 Å². The Morgan fingerprint density at radius 2 is 1.45 bits per heavy atom. The Labute approximate surface area is 287 Å². The molecule has 3 rings (SSSR count). The number of carbonyl (C=O) groups excluding carboxylic acids is 2. The van der Waals surface area contributed by atoms with E-state index >= 15 is 0 Å². The van der Waals surface area contributed by atoms with Gasteiger partial charge in [0.1, 0.15) is 29.5 Å². The summed E-state index contributed by atoms with van der Waals surface area (Å²) < 4.78 is 19.0. The number of aliphatic hydroxyl groups is 2. The van der Waals surface area contributed by atoms with Crippen molar-refractivity contribution in [3.8, 4) is 0 Å². The molecule has 2 heterocycles. The second-order valence-electron chi connectivity index (χ2n) is 15.9. The van der Waals surface area contributed by atoms with Gasteiger partial charge in [-0.1, -0.05) is 117 Å². The van der Waals surface area contributed by atoms with Crippen LogP contribution in [0.25, 0.3) is 0 Å². The highest BCUT2D eigenvalue weighted by Crippen LogP contribution is 2.56. The summed E-state index contributed by atoms with van der Waals surface area (Å²) in [6.07, 6.45) is 16.2. The van der Waals surface area contributed by atoms with E-state index in [-0.39, 0.29) is 36.6 Å². The average Bonchev–Trinajstić information content (AvgIpc) is 3.43. The van der Waals surface area contributed by atoms with Crippen LogP contribution in [0.2, 0.25) is 0 Å². The zero-order chi connectivity index (χ0) is 34.6. The minimum absolute atomic E-state index is 0.000719. The number of unbranched alkanes of at least 4 members (excludes halogenated alkanes) is 12. The number of hydrogen-bond acceptors (Lipinski definition) is 7. The summed E-state index contributed by atoms with van der Waals surface area (Å²) in [5.74, 6) is -0.157. The molecule has 0 radical (unpaired) electrons. The van der Waals surface area contributed by atoms with Crippen LogP contribution < -0.4 is 0 Å². The third-order valence-corrected chi connectivity index (χ3v) is 11.7. The van der Waals surface area contributed by atoms with Gasteiger partial charge in [-0.3, -0.25) is 9.59 Å². The van der Waals surface area contributed by atoms with Gasteiger partial charge in [0.25, 0.3) is 0 Å². The van der Waals surface area contributed by atoms with Gasteiger partial charge in [-0.05, 0) is 64.2 Å². The summed E-state index contributed by atoms with van der Waals surface area (Å²) in [4.78, 5) is 26.1. The highest BCUT2D eigenvalue weighted by atomic mass is 16.6. The molecule has 0 aromatic rings. The Morgan fingerprint density at radius 1 is 0.872 bits per heavy atom. The zero-order valence-electron chi connectivity index (χ0n) is 30.9. The van der Waals surface area contributed by atoms with Crippen molar-refractivity contribution in [2.75, 3.05) is 0 Å². The Bertz CT molecular complexity index is 976. The zero-order valence-corrected chi connectivity index (χ0v) is 30.9. The van der Waals surface area contributed by atoms with Gasteiger partial charge in [0.05, 0.1) is 6.10 Å². The van der Waals surface area contributed by atoms with Crippen molar-refractivity contribution in [1.29, 1.82) is 0 Å². The monoisotopic (exact) mass is 663 g/mol. The van der Waals surface area contributed by atoms with Crippen molar-refractivity contribution < 1.29 is 34.0 Å². The normalized spacial score (nSPS) is 34.0. The standard InChI is InChI=1S/C40H70O7/c1-8-10-11-12-13-14-15-16-17-18-19-20-21-23-32(41)45-31-26-27-39(6,47-33(42)22-9-2)38-35-30(28(3)4)25-24-29(5)34(35)36(46-38)37(43)40(31,7)44/h28,30-31,34-38,43-44H,5,8-27H2,1-4,6-7H3/t30-,31+,34+,35-,36+,37+,38-,39-,40+/m1/s1. The molecule has 272 valence electrons. The van der Waals surface area contributed by atoms with E-state index in [0.717, 1.165) is 37.7 Å². The number of fused-ring (bicyclic) bond motifs is 5. The first-order valence-corrected chi connectivity index (χ1v) is 19.5. The van der Waals surface area contributed by atoms with Crippen LogP contribution in [0.5, 0.6) is 0 Å². The maximum Gasteiger partial charge on any atom is 0.306 e. The Kier molecular flexibility index (Phi) is 16.2. The van der Waals surface area contributed by atoms with E-state index in [0.29, 0.717) is 31.1 Å². The Balaban J connectivity index is 1.62. The average molecular weight is 663 g/mol. The summed E-state index contributed by atoms with van der Waals surface area (Å²) in [6, 6.07) is 0. The summed E-state index contributed by atoms with van der Waals surface area (Å²) in [6.45, 7) is 16.5. The first-order valence-electron chi connectivity index (χ1n) is 19.5. The molecule has 2 saturated heterocycles. The molecule has 47 heavy (non-hydrogen) atoms. The lowest BCUT2D eigenvalue weighted by Gasteiger charge is -2.47. The van der Waals surface area contributed by atoms with Crippen LogP contribution in [0.15, 0.2) is 12.2 Å². The second kappa shape index (κ2) is 19.1. The first kappa shape index (κ1) is 40.0. The van der Waals surface area contributed by atoms with Gasteiger partial charge in [0.2, 0.25) is 0 Å². The van der Waals surface area contributed by atoms with Crippen molar-refractivity contribution in [2.45, 2.75) is 206 Å². The fraction of sp³-hybridized carbons (Fsp3) is 0.900. The lowest BCUT2D eigenvalue weighted by Crippen LogP contribution is -2.58. The number of ether oxygens (including phenoxy) is 3. The molecule has 0 spiro atoms. The molecular formula is C40H70O7. The Hall–Kier alpha value is -1.44.